The van der Waals surface area contributed by atoms with Crippen molar-refractivity contribution in [2.45, 2.75) is 0 Å². The molecule has 52 valence electrons. The molecule has 0 amide bonds. The van der Waals surface area contributed by atoms with Crippen molar-refractivity contribution in [2.24, 2.45) is 0 Å². The Morgan fingerprint density at radius 2 is 1.89 bits per heavy atom. The molecule has 2 N–H and O–H groups in total. The fourth-order valence-electron chi connectivity index (χ4n) is 0.0818. The second-order valence-corrected chi connectivity index (χ2v) is 0.819. The lowest BCUT2D eigenvalue weighted by Gasteiger charge is -1.90. The van der Waals surface area contributed by atoms with Crippen LogP contribution in [0.4, 0.5) is 0 Å². The minimum atomic E-state index is -1.85. The first kappa shape index (κ1) is 7.82. The molecule has 0 aromatic heterocycles. The van der Waals surface area contributed by atoms with Crippen LogP contribution < -0.4 is 0 Å². The van der Waals surface area contributed by atoms with Crippen molar-refractivity contribution in [3.63, 3.8) is 0 Å². The van der Waals surface area contributed by atoms with Gasteiger partial charge in [0.2, 0.25) is 0 Å². The predicted molar refractivity (Wildman–Crippen MR) is 18.5 cm³/mol. The van der Waals surface area contributed by atoms with Gasteiger partial charge in [0.15, 0.2) is 0 Å². The number of carbonyl (C=O) groups excluding carboxylic acids is 1. The first-order valence-electron chi connectivity index (χ1n) is 1.60. The van der Waals surface area contributed by atoms with Crippen LogP contribution in [-0.2, 0) is 24.6 Å². The summed E-state index contributed by atoms with van der Waals surface area (Å²) >= 11 is 0. The molecule has 0 atom stereocenters. The summed E-state index contributed by atoms with van der Waals surface area (Å²) in [7, 11) is 0. The number of aliphatic carboxylic acids is 1. The summed E-state index contributed by atoms with van der Waals surface area (Å²) in [4.78, 5) is 22.5. The van der Waals surface area contributed by atoms with Gasteiger partial charge in [0.25, 0.3) is 0 Å². The molecule has 0 rings (SSSR count). The van der Waals surface area contributed by atoms with Gasteiger partial charge in [-0.05, 0) is 5.04 Å². The second kappa shape index (κ2) is 3.78. The van der Waals surface area contributed by atoms with E-state index in [1.165, 1.54) is 0 Å². The Labute approximate surface area is 48.1 Å². The lowest BCUT2D eigenvalue weighted by molar-refractivity contribution is -0.604. The minimum absolute atomic E-state index is 1.69. The van der Waals surface area contributed by atoms with Gasteiger partial charge < -0.3 is 5.11 Å². The lowest BCUT2D eigenvalue weighted by atomic mass is 10.7. The largest absolute Gasteiger partial charge is 0.473 e. The Kier molecular flexibility index (Phi) is 3.28. The highest BCUT2D eigenvalue weighted by molar-refractivity contribution is 6.28. The SMILES string of the molecule is O=C(O)C(=O)OOOO. The summed E-state index contributed by atoms with van der Waals surface area (Å²) < 4.78 is 0. The van der Waals surface area contributed by atoms with Crippen molar-refractivity contribution < 1.29 is 34.9 Å². The van der Waals surface area contributed by atoms with Crippen molar-refractivity contribution in [1.29, 1.82) is 0 Å². The predicted octanol–water partition coefficient (Wildman–Crippen LogP) is -1.05. The summed E-state index contributed by atoms with van der Waals surface area (Å²) in [6, 6.07) is 0. The molecule has 0 unspecified atom stereocenters. The molecule has 0 aliphatic heterocycles. The zero-order chi connectivity index (χ0) is 7.28. The van der Waals surface area contributed by atoms with Gasteiger partial charge in [0.05, 0.1) is 0 Å². The van der Waals surface area contributed by atoms with E-state index in [2.05, 4.69) is 15.0 Å². The fraction of sp³-hybridized carbons (Fsp3) is 0. The quantitative estimate of drug-likeness (QED) is 0.285. The van der Waals surface area contributed by atoms with Crippen molar-refractivity contribution in [1.82, 2.24) is 0 Å². The first-order valence-corrected chi connectivity index (χ1v) is 1.60. The number of carboxylic acid groups (broad SMARTS) is 1. The van der Waals surface area contributed by atoms with Gasteiger partial charge >= 0.3 is 11.9 Å². The van der Waals surface area contributed by atoms with E-state index in [1.807, 2.05) is 0 Å². The third-order valence-corrected chi connectivity index (χ3v) is 0.315. The smallest absolute Gasteiger partial charge is 0.452 e. The molecule has 7 heteroatoms. The van der Waals surface area contributed by atoms with E-state index in [0.717, 1.165) is 0 Å². The zero-order valence-corrected chi connectivity index (χ0v) is 3.94. The summed E-state index contributed by atoms with van der Waals surface area (Å²) in [5.41, 5.74) is 0. The van der Waals surface area contributed by atoms with Crippen molar-refractivity contribution >= 4 is 11.9 Å². The van der Waals surface area contributed by atoms with Crippen LogP contribution in [0.5, 0.6) is 0 Å². The van der Waals surface area contributed by atoms with Crippen molar-refractivity contribution in [3.8, 4) is 0 Å². The Morgan fingerprint density at radius 3 is 2.22 bits per heavy atom. The van der Waals surface area contributed by atoms with Crippen LogP contribution in [0.15, 0.2) is 0 Å². The van der Waals surface area contributed by atoms with Crippen molar-refractivity contribution in [3.05, 3.63) is 0 Å². The number of hydrogen-bond acceptors (Lipinski definition) is 6. The molecule has 0 spiro atoms. The zero-order valence-electron chi connectivity index (χ0n) is 3.94. The van der Waals surface area contributed by atoms with E-state index >= 15 is 0 Å². The standard InChI is InChI=1S/C2H2O7/c3-1(4)2(5)7-9-8-6/h6H,(H,3,4). The molecule has 0 heterocycles. The molecule has 0 saturated heterocycles. The van der Waals surface area contributed by atoms with Crippen LogP contribution in [0.25, 0.3) is 0 Å². The van der Waals surface area contributed by atoms with Crippen LogP contribution in [0.2, 0.25) is 0 Å². The van der Waals surface area contributed by atoms with Crippen LogP contribution in [0.3, 0.4) is 0 Å². The first-order chi connectivity index (χ1) is 4.18. The van der Waals surface area contributed by atoms with Crippen molar-refractivity contribution in [2.75, 3.05) is 0 Å². The second-order valence-electron chi connectivity index (χ2n) is 0.819. The number of carboxylic acids is 1. The van der Waals surface area contributed by atoms with Gasteiger partial charge in [0, 0.05) is 5.04 Å². The van der Waals surface area contributed by atoms with E-state index in [0.29, 0.717) is 0 Å². The maximum absolute atomic E-state index is 9.76. The normalized spacial score (nSPS) is 8.56. The van der Waals surface area contributed by atoms with E-state index in [9.17, 15) is 9.59 Å². The maximum Gasteiger partial charge on any atom is 0.452 e. The monoisotopic (exact) mass is 138 g/mol. The molecule has 0 aliphatic carbocycles. The Bertz CT molecular complexity index is 116. The van der Waals surface area contributed by atoms with Gasteiger partial charge in [-0.3, -0.25) is 4.89 Å². The fourth-order valence-corrected chi connectivity index (χ4v) is 0.0818. The summed E-state index contributed by atoms with van der Waals surface area (Å²) in [5.74, 6) is -3.55. The highest BCUT2D eigenvalue weighted by Gasteiger charge is 2.14. The van der Waals surface area contributed by atoms with Crippen LogP contribution >= 0.6 is 0 Å². The average Bonchev–Trinajstić information content (AvgIpc) is 1.82. The van der Waals surface area contributed by atoms with Crippen LogP contribution in [-0.4, -0.2) is 22.3 Å². The maximum atomic E-state index is 9.76. The van der Waals surface area contributed by atoms with E-state index in [-0.39, 0.29) is 0 Å². The topological polar surface area (TPSA) is 102 Å². The molecule has 0 aromatic carbocycles. The van der Waals surface area contributed by atoms with Gasteiger partial charge in [-0.1, -0.05) is 0 Å². The highest BCUT2D eigenvalue weighted by Crippen LogP contribution is 1.79. The molecule has 0 aliphatic rings. The molecule has 9 heavy (non-hydrogen) atoms. The van der Waals surface area contributed by atoms with Gasteiger partial charge in [-0.25, -0.2) is 14.8 Å². The molecule has 0 fully saturated rings. The number of rotatable bonds is 2. The molecular weight excluding hydrogens is 136 g/mol. The molecule has 0 radical (unpaired) electrons. The number of hydrogen-bond donors (Lipinski definition) is 2. The Morgan fingerprint density at radius 1 is 1.33 bits per heavy atom. The van der Waals surface area contributed by atoms with E-state index in [4.69, 9.17) is 10.4 Å². The van der Waals surface area contributed by atoms with Gasteiger partial charge in [0.1, 0.15) is 0 Å². The Balaban J connectivity index is 3.39. The lowest BCUT2D eigenvalue weighted by Crippen LogP contribution is -2.16. The summed E-state index contributed by atoms with van der Waals surface area (Å²) in [6.07, 6.45) is 0. The summed E-state index contributed by atoms with van der Waals surface area (Å²) in [6.45, 7) is 0. The van der Waals surface area contributed by atoms with Gasteiger partial charge in [-0.15, -0.1) is 0 Å². The third-order valence-electron chi connectivity index (χ3n) is 0.315. The highest BCUT2D eigenvalue weighted by atomic mass is 17.6. The molecule has 7 nitrogen and oxygen atoms in total. The van der Waals surface area contributed by atoms with Gasteiger partial charge in [-0.2, -0.15) is 0 Å². The molecular formula is C2H2O7. The van der Waals surface area contributed by atoms with Crippen LogP contribution in [0.1, 0.15) is 0 Å². The third kappa shape index (κ3) is 3.41. The van der Waals surface area contributed by atoms with E-state index in [1.54, 1.807) is 0 Å². The number of carbonyl (C=O) groups is 2. The molecule has 0 saturated carbocycles. The summed E-state index contributed by atoms with van der Waals surface area (Å²) in [5, 5.41) is 20.9. The van der Waals surface area contributed by atoms with Crippen LogP contribution in [0, 0.1) is 0 Å². The average molecular weight is 138 g/mol. The van der Waals surface area contributed by atoms with E-state index < -0.39 is 11.9 Å². The Hall–Kier alpha value is -1.18. The molecule has 0 aromatic rings. The molecule has 0 bridgehead atoms. The minimum Gasteiger partial charge on any atom is -0.473 e.